The SMILES string of the molecule is CCCC(O)/C=C/C1CCC(=O)C1CCCCCCC(=O)O. The van der Waals surface area contributed by atoms with Crippen molar-refractivity contribution in [3.05, 3.63) is 12.2 Å². The molecule has 0 bridgehead atoms. The molecule has 4 heteroatoms. The van der Waals surface area contributed by atoms with Gasteiger partial charge < -0.3 is 10.2 Å². The fourth-order valence-corrected chi connectivity index (χ4v) is 3.20. The summed E-state index contributed by atoms with van der Waals surface area (Å²) in [7, 11) is 0. The van der Waals surface area contributed by atoms with Crippen LogP contribution in [0.15, 0.2) is 12.2 Å². The van der Waals surface area contributed by atoms with E-state index in [1.807, 2.05) is 19.1 Å². The lowest BCUT2D eigenvalue weighted by molar-refractivity contribution is -0.137. The summed E-state index contributed by atoms with van der Waals surface area (Å²) < 4.78 is 0. The molecule has 3 atom stereocenters. The molecule has 0 heterocycles. The van der Waals surface area contributed by atoms with Crippen LogP contribution in [0.5, 0.6) is 0 Å². The summed E-state index contributed by atoms with van der Waals surface area (Å²) in [4.78, 5) is 22.4. The van der Waals surface area contributed by atoms with Crippen LogP contribution in [0.2, 0.25) is 0 Å². The van der Waals surface area contributed by atoms with Crippen molar-refractivity contribution in [2.24, 2.45) is 11.8 Å². The van der Waals surface area contributed by atoms with Crippen LogP contribution >= 0.6 is 0 Å². The number of unbranched alkanes of at least 4 members (excludes halogenated alkanes) is 3. The average Bonchev–Trinajstić information content (AvgIpc) is 2.81. The summed E-state index contributed by atoms with van der Waals surface area (Å²) in [6.45, 7) is 2.04. The van der Waals surface area contributed by atoms with Crippen LogP contribution in [0.1, 0.15) is 71.1 Å². The highest BCUT2D eigenvalue weighted by molar-refractivity contribution is 5.83. The van der Waals surface area contributed by atoms with Gasteiger partial charge in [0.05, 0.1) is 6.10 Å². The Kier molecular flexibility index (Phi) is 9.05. The van der Waals surface area contributed by atoms with Crippen LogP contribution in [-0.2, 0) is 9.59 Å². The van der Waals surface area contributed by atoms with Gasteiger partial charge in [-0.3, -0.25) is 9.59 Å². The first-order valence-electron chi connectivity index (χ1n) is 8.65. The summed E-state index contributed by atoms with van der Waals surface area (Å²) >= 11 is 0. The van der Waals surface area contributed by atoms with E-state index in [0.717, 1.165) is 51.4 Å². The number of ketones is 1. The standard InChI is InChI=1S/C18H30O4/c1-2-7-15(19)12-10-14-11-13-17(20)16(14)8-5-3-4-6-9-18(21)22/h10,12,14-16,19H,2-9,11,13H2,1H3,(H,21,22)/b12-10+. The minimum absolute atomic E-state index is 0.101. The van der Waals surface area contributed by atoms with Gasteiger partial charge in [-0.15, -0.1) is 0 Å². The van der Waals surface area contributed by atoms with Gasteiger partial charge in [-0.1, -0.05) is 44.8 Å². The highest BCUT2D eigenvalue weighted by atomic mass is 16.4. The second-order valence-corrected chi connectivity index (χ2v) is 6.36. The first-order chi connectivity index (χ1) is 10.5. The molecule has 126 valence electrons. The molecule has 1 aliphatic carbocycles. The van der Waals surface area contributed by atoms with Gasteiger partial charge in [0, 0.05) is 18.8 Å². The van der Waals surface area contributed by atoms with Crippen molar-refractivity contribution < 1.29 is 19.8 Å². The number of hydrogen-bond donors (Lipinski definition) is 2. The Morgan fingerprint density at radius 3 is 2.73 bits per heavy atom. The molecule has 1 rings (SSSR count). The van der Waals surface area contributed by atoms with Crippen LogP contribution in [0.3, 0.4) is 0 Å². The van der Waals surface area contributed by atoms with Crippen molar-refractivity contribution in [2.45, 2.75) is 77.2 Å². The van der Waals surface area contributed by atoms with Crippen molar-refractivity contribution >= 4 is 11.8 Å². The summed E-state index contributed by atoms with van der Waals surface area (Å²) in [6, 6.07) is 0. The van der Waals surface area contributed by atoms with Crippen molar-refractivity contribution in [1.82, 2.24) is 0 Å². The number of rotatable bonds is 11. The molecule has 0 aromatic rings. The monoisotopic (exact) mass is 310 g/mol. The molecule has 1 fully saturated rings. The van der Waals surface area contributed by atoms with E-state index >= 15 is 0 Å². The average molecular weight is 310 g/mol. The molecule has 4 nitrogen and oxygen atoms in total. The van der Waals surface area contributed by atoms with Crippen molar-refractivity contribution in [3.63, 3.8) is 0 Å². The van der Waals surface area contributed by atoms with E-state index in [0.29, 0.717) is 12.2 Å². The Bertz CT molecular complexity index is 375. The van der Waals surface area contributed by atoms with Crippen LogP contribution in [0, 0.1) is 11.8 Å². The number of carboxylic acid groups (broad SMARTS) is 1. The number of allylic oxidation sites excluding steroid dienone is 1. The summed E-state index contributed by atoms with van der Waals surface area (Å²) in [5.74, 6) is -0.00504. The van der Waals surface area contributed by atoms with E-state index in [1.165, 1.54) is 0 Å². The van der Waals surface area contributed by atoms with Gasteiger partial charge >= 0.3 is 5.97 Å². The molecule has 0 aromatic heterocycles. The molecule has 0 saturated heterocycles. The molecule has 1 aliphatic rings. The molecule has 0 amide bonds. The Hall–Kier alpha value is -1.16. The molecular formula is C18H30O4. The predicted molar refractivity (Wildman–Crippen MR) is 86.6 cm³/mol. The highest BCUT2D eigenvalue weighted by Crippen LogP contribution is 2.34. The molecule has 0 aromatic carbocycles. The fraction of sp³-hybridized carbons (Fsp3) is 0.778. The van der Waals surface area contributed by atoms with Crippen molar-refractivity contribution in [3.8, 4) is 0 Å². The largest absolute Gasteiger partial charge is 0.481 e. The van der Waals surface area contributed by atoms with Gasteiger partial charge in [-0.05, 0) is 31.6 Å². The van der Waals surface area contributed by atoms with Gasteiger partial charge in [0.15, 0.2) is 0 Å². The Labute approximate surface area is 133 Å². The van der Waals surface area contributed by atoms with E-state index in [2.05, 4.69) is 0 Å². The molecule has 1 saturated carbocycles. The maximum absolute atomic E-state index is 12.0. The zero-order valence-corrected chi connectivity index (χ0v) is 13.7. The minimum Gasteiger partial charge on any atom is -0.481 e. The molecule has 3 unspecified atom stereocenters. The number of carbonyl (C=O) groups is 2. The molecule has 0 aliphatic heterocycles. The maximum atomic E-state index is 12.0. The fourth-order valence-electron chi connectivity index (χ4n) is 3.20. The smallest absolute Gasteiger partial charge is 0.303 e. The van der Waals surface area contributed by atoms with Gasteiger partial charge in [0.1, 0.15) is 5.78 Å². The third-order valence-electron chi connectivity index (χ3n) is 4.48. The molecule has 0 radical (unpaired) electrons. The summed E-state index contributed by atoms with van der Waals surface area (Å²) in [5, 5.41) is 18.3. The highest BCUT2D eigenvalue weighted by Gasteiger charge is 2.32. The van der Waals surface area contributed by atoms with Gasteiger partial charge in [-0.2, -0.15) is 0 Å². The summed E-state index contributed by atoms with van der Waals surface area (Å²) in [5.41, 5.74) is 0. The van der Waals surface area contributed by atoms with Crippen molar-refractivity contribution in [1.29, 1.82) is 0 Å². The Morgan fingerprint density at radius 2 is 2.05 bits per heavy atom. The normalized spacial score (nSPS) is 23.3. The lowest BCUT2D eigenvalue weighted by atomic mass is 9.89. The van der Waals surface area contributed by atoms with Crippen LogP contribution in [-0.4, -0.2) is 28.1 Å². The lowest BCUT2D eigenvalue weighted by Gasteiger charge is -2.15. The van der Waals surface area contributed by atoms with E-state index in [9.17, 15) is 14.7 Å². The van der Waals surface area contributed by atoms with E-state index in [4.69, 9.17) is 5.11 Å². The predicted octanol–water partition coefficient (Wildman–Crippen LogP) is 3.72. The Balaban J connectivity index is 2.29. The first kappa shape index (κ1) is 18.9. The maximum Gasteiger partial charge on any atom is 0.303 e. The summed E-state index contributed by atoms with van der Waals surface area (Å²) in [6.07, 6.45) is 11.5. The van der Waals surface area contributed by atoms with E-state index in [-0.39, 0.29) is 18.3 Å². The number of carbonyl (C=O) groups excluding carboxylic acids is 1. The Morgan fingerprint density at radius 1 is 1.32 bits per heavy atom. The zero-order valence-electron chi connectivity index (χ0n) is 13.7. The third-order valence-corrected chi connectivity index (χ3v) is 4.48. The van der Waals surface area contributed by atoms with E-state index in [1.54, 1.807) is 0 Å². The molecule has 2 N–H and O–H groups in total. The molecular weight excluding hydrogens is 280 g/mol. The van der Waals surface area contributed by atoms with E-state index < -0.39 is 12.1 Å². The number of aliphatic hydroxyl groups excluding tert-OH is 1. The third kappa shape index (κ3) is 7.21. The van der Waals surface area contributed by atoms with Gasteiger partial charge in [0.25, 0.3) is 0 Å². The number of aliphatic carboxylic acids is 1. The van der Waals surface area contributed by atoms with Crippen LogP contribution < -0.4 is 0 Å². The van der Waals surface area contributed by atoms with Gasteiger partial charge in [-0.25, -0.2) is 0 Å². The first-order valence-corrected chi connectivity index (χ1v) is 8.65. The second-order valence-electron chi connectivity index (χ2n) is 6.36. The number of Topliss-reactive ketones (excluding diaryl/α,β-unsaturated/α-hetero) is 1. The van der Waals surface area contributed by atoms with Gasteiger partial charge in [0.2, 0.25) is 0 Å². The number of carboxylic acids is 1. The number of hydrogen-bond acceptors (Lipinski definition) is 3. The topological polar surface area (TPSA) is 74.6 Å². The molecule has 0 spiro atoms. The van der Waals surface area contributed by atoms with Crippen LogP contribution in [0.4, 0.5) is 0 Å². The lowest BCUT2D eigenvalue weighted by Crippen LogP contribution is -2.14. The second kappa shape index (κ2) is 10.5. The van der Waals surface area contributed by atoms with Crippen molar-refractivity contribution in [2.75, 3.05) is 0 Å². The van der Waals surface area contributed by atoms with Crippen LogP contribution in [0.25, 0.3) is 0 Å². The quantitative estimate of drug-likeness (QED) is 0.450. The minimum atomic E-state index is -0.734. The molecule has 22 heavy (non-hydrogen) atoms. The number of aliphatic hydroxyl groups is 1. The zero-order chi connectivity index (χ0) is 16.4.